The molecule has 112 valence electrons. The van der Waals surface area contributed by atoms with Gasteiger partial charge in [0.1, 0.15) is 11.5 Å². The van der Waals surface area contributed by atoms with E-state index in [-0.39, 0.29) is 19.0 Å². The van der Waals surface area contributed by atoms with Crippen LogP contribution in [0.15, 0.2) is 18.2 Å². The van der Waals surface area contributed by atoms with E-state index in [0.717, 1.165) is 6.26 Å². The highest BCUT2D eigenvalue weighted by atomic mass is 32.2. The van der Waals surface area contributed by atoms with Gasteiger partial charge in [-0.1, -0.05) is 0 Å². The SMILES string of the molecule is COc1cc(OC)cc(C(=O)NCCNS(C)(=O)=O)c1. The third-order valence-corrected chi connectivity index (χ3v) is 3.12. The second-order valence-corrected chi connectivity index (χ2v) is 5.86. The zero-order valence-electron chi connectivity index (χ0n) is 11.6. The molecule has 7 nitrogen and oxygen atoms in total. The fraction of sp³-hybridized carbons (Fsp3) is 0.417. The first kappa shape index (κ1) is 16.3. The Morgan fingerprint density at radius 3 is 2.10 bits per heavy atom. The molecule has 0 fully saturated rings. The van der Waals surface area contributed by atoms with Crippen molar-refractivity contribution in [3.8, 4) is 11.5 Å². The monoisotopic (exact) mass is 302 g/mol. The summed E-state index contributed by atoms with van der Waals surface area (Å²) >= 11 is 0. The fourth-order valence-corrected chi connectivity index (χ4v) is 1.93. The molecule has 8 heteroatoms. The summed E-state index contributed by atoms with van der Waals surface area (Å²) in [6.07, 6.45) is 1.06. The number of ether oxygens (including phenoxy) is 2. The van der Waals surface area contributed by atoms with Crippen LogP contribution >= 0.6 is 0 Å². The molecule has 1 aromatic carbocycles. The van der Waals surface area contributed by atoms with Crippen LogP contribution in [0.5, 0.6) is 11.5 Å². The second kappa shape index (κ2) is 7.11. The molecule has 1 rings (SSSR count). The lowest BCUT2D eigenvalue weighted by Crippen LogP contribution is -2.34. The summed E-state index contributed by atoms with van der Waals surface area (Å²) in [6.45, 7) is 0.317. The van der Waals surface area contributed by atoms with E-state index >= 15 is 0 Å². The molecule has 0 saturated heterocycles. The average Bonchev–Trinajstić information content (AvgIpc) is 2.41. The Morgan fingerprint density at radius 1 is 1.10 bits per heavy atom. The van der Waals surface area contributed by atoms with Crippen LogP contribution in [0.3, 0.4) is 0 Å². The summed E-state index contributed by atoms with van der Waals surface area (Å²) in [7, 11) is -0.264. The first-order valence-corrected chi connectivity index (χ1v) is 7.71. The Hall–Kier alpha value is -1.80. The molecule has 0 radical (unpaired) electrons. The summed E-state index contributed by atoms with van der Waals surface area (Å²) < 4.78 is 34.1. The summed E-state index contributed by atoms with van der Waals surface area (Å²) in [5.41, 5.74) is 0.376. The van der Waals surface area contributed by atoms with E-state index in [0.29, 0.717) is 17.1 Å². The van der Waals surface area contributed by atoms with E-state index in [1.54, 1.807) is 18.2 Å². The number of hydrogen-bond acceptors (Lipinski definition) is 5. The molecular formula is C12H18N2O5S. The lowest BCUT2D eigenvalue weighted by Gasteiger charge is -2.09. The maximum Gasteiger partial charge on any atom is 0.251 e. The topological polar surface area (TPSA) is 93.7 Å². The fourth-order valence-electron chi connectivity index (χ4n) is 1.45. The molecule has 0 bridgehead atoms. The molecule has 1 amide bonds. The number of methoxy groups -OCH3 is 2. The number of hydrogen-bond donors (Lipinski definition) is 2. The van der Waals surface area contributed by atoms with Crippen LogP contribution in [0.1, 0.15) is 10.4 Å². The van der Waals surface area contributed by atoms with E-state index < -0.39 is 10.0 Å². The van der Waals surface area contributed by atoms with Gasteiger partial charge >= 0.3 is 0 Å². The molecule has 1 aromatic rings. The number of rotatable bonds is 7. The van der Waals surface area contributed by atoms with Crippen LogP contribution in [0.25, 0.3) is 0 Å². The third-order valence-electron chi connectivity index (χ3n) is 2.39. The molecule has 2 N–H and O–H groups in total. The smallest absolute Gasteiger partial charge is 0.251 e. The van der Waals surface area contributed by atoms with Gasteiger partial charge in [-0.3, -0.25) is 4.79 Å². The molecule has 0 saturated carbocycles. The summed E-state index contributed by atoms with van der Waals surface area (Å²) in [5.74, 6) is 0.671. The molecule has 0 aliphatic carbocycles. The van der Waals surface area contributed by atoms with Gasteiger partial charge in [0.2, 0.25) is 10.0 Å². The Labute approximate surface area is 118 Å². The maximum absolute atomic E-state index is 11.9. The zero-order valence-corrected chi connectivity index (χ0v) is 12.4. The van der Waals surface area contributed by atoms with Crippen molar-refractivity contribution in [1.82, 2.24) is 10.0 Å². The van der Waals surface area contributed by atoms with Gasteiger partial charge in [-0.25, -0.2) is 13.1 Å². The van der Waals surface area contributed by atoms with Crippen molar-refractivity contribution in [1.29, 1.82) is 0 Å². The Balaban J connectivity index is 2.63. The van der Waals surface area contributed by atoms with Crippen LogP contribution in [0, 0.1) is 0 Å². The summed E-state index contributed by atoms with van der Waals surface area (Å²) in [5, 5.41) is 2.60. The van der Waals surface area contributed by atoms with Crippen molar-refractivity contribution in [2.75, 3.05) is 33.6 Å². The van der Waals surface area contributed by atoms with Gasteiger partial charge in [0, 0.05) is 24.7 Å². The molecule has 0 atom stereocenters. The van der Waals surface area contributed by atoms with Crippen LogP contribution in [-0.4, -0.2) is 47.9 Å². The van der Waals surface area contributed by atoms with Gasteiger partial charge in [-0.15, -0.1) is 0 Å². The van der Waals surface area contributed by atoms with Crippen molar-refractivity contribution < 1.29 is 22.7 Å². The van der Waals surface area contributed by atoms with E-state index in [9.17, 15) is 13.2 Å². The number of nitrogens with one attached hydrogen (secondary N) is 2. The highest BCUT2D eigenvalue weighted by Crippen LogP contribution is 2.22. The van der Waals surface area contributed by atoms with Gasteiger partial charge in [-0.05, 0) is 12.1 Å². The molecule has 0 aliphatic rings. The van der Waals surface area contributed by atoms with Gasteiger partial charge in [0.25, 0.3) is 5.91 Å². The van der Waals surface area contributed by atoms with Crippen LogP contribution < -0.4 is 19.5 Å². The van der Waals surface area contributed by atoms with Crippen molar-refractivity contribution in [3.63, 3.8) is 0 Å². The number of carbonyl (C=O) groups excluding carboxylic acids is 1. The van der Waals surface area contributed by atoms with E-state index in [4.69, 9.17) is 9.47 Å². The van der Waals surface area contributed by atoms with E-state index in [1.807, 2.05) is 0 Å². The largest absolute Gasteiger partial charge is 0.497 e. The summed E-state index contributed by atoms with van der Waals surface area (Å²) in [4.78, 5) is 11.9. The first-order chi connectivity index (χ1) is 9.35. The minimum Gasteiger partial charge on any atom is -0.497 e. The Kier molecular flexibility index (Phi) is 5.78. The van der Waals surface area contributed by atoms with Crippen LogP contribution in [0.2, 0.25) is 0 Å². The van der Waals surface area contributed by atoms with E-state index in [2.05, 4.69) is 10.0 Å². The summed E-state index contributed by atoms with van der Waals surface area (Å²) in [6, 6.07) is 4.80. The predicted molar refractivity (Wildman–Crippen MR) is 74.7 cm³/mol. The number of sulfonamides is 1. The Bertz CT molecular complexity index is 549. The maximum atomic E-state index is 11.9. The number of benzene rings is 1. The highest BCUT2D eigenvalue weighted by Gasteiger charge is 2.09. The van der Waals surface area contributed by atoms with Gasteiger partial charge < -0.3 is 14.8 Å². The molecule has 20 heavy (non-hydrogen) atoms. The molecule has 0 spiro atoms. The second-order valence-electron chi connectivity index (χ2n) is 4.02. The Morgan fingerprint density at radius 2 is 1.65 bits per heavy atom. The molecule has 0 heterocycles. The number of amides is 1. The lowest BCUT2D eigenvalue weighted by atomic mass is 10.2. The van der Waals surface area contributed by atoms with Crippen LogP contribution in [0.4, 0.5) is 0 Å². The number of carbonyl (C=O) groups is 1. The van der Waals surface area contributed by atoms with E-state index in [1.165, 1.54) is 14.2 Å². The highest BCUT2D eigenvalue weighted by molar-refractivity contribution is 7.88. The molecule has 0 aliphatic heterocycles. The minimum absolute atomic E-state index is 0.131. The normalized spacial score (nSPS) is 10.9. The van der Waals surface area contributed by atoms with Gasteiger partial charge in [-0.2, -0.15) is 0 Å². The standard InChI is InChI=1S/C12H18N2O5S/c1-18-10-6-9(7-11(8-10)19-2)12(15)13-4-5-14-20(3,16)17/h6-8,14H,4-5H2,1-3H3,(H,13,15). The van der Waals surface area contributed by atoms with Crippen molar-refractivity contribution >= 4 is 15.9 Å². The van der Waals surface area contributed by atoms with Crippen molar-refractivity contribution in [2.24, 2.45) is 0 Å². The van der Waals surface area contributed by atoms with Gasteiger partial charge in [0.05, 0.1) is 20.5 Å². The molecular weight excluding hydrogens is 284 g/mol. The predicted octanol–water partition coefficient (Wildman–Crippen LogP) is -0.0172. The third kappa shape index (κ3) is 5.45. The minimum atomic E-state index is -3.25. The van der Waals surface area contributed by atoms with Crippen LogP contribution in [-0.2, 0) is 10.0 Å². The first-order valence-electron chi connectivity index (χ1n) is 5.81. The van der Waals surface area contributed by atoms with Gasteiger partial charge in [0.15, 0.2) is 0 Å². The molecule has 0 aromatic heterocycles. The zero-order chi connectivity index (χ0) is 15.2. The van der Waals surface area contributed by atoms with Crippen molar-refractivity contribution in [3.05, 3.63) is 23.8 Å². The lowest BCUT2D eigenvalue weighted by molar-refractivity contribution is 0.0953. The van der Waals surface area contributed by atoms with Crippen molar-refractivity contribution in [2.45, 2.75) is 0 Å². The quantitative estimate of drug-likeness (QED) is 0.691. The average molecular weight is 302 g/mol. The molecule has 0 unspecified atom stereocenters.